The summed E-state index contributed by atoms with van der Waals surface area (Å²) in [5, 5.41) is 0.825. The van der Waals surface area contributed by atoms with Crippen molar-refractivity contribution < 1.29 is 4.79 Å². The number of fused-ring (bicyclic) bond motifs is 1. The van der Waals surface area contributed by atoms with E-state index in [0.29, 0.717) is 19.0 Å². The first-order chi connectivity index (χ1) is 13.7. The van der Waals surface area contributed by atoms with E-state index in [1.807, 2.05) is 13.8 Å². The van der Waals surface area contributed by atoms with E-state index in [4.69, 9.17) is 0 Å². The number of carbonyl (C=O) groups excluding carboxylic acids is 1. The lowest BCUT2D eigenvalue weighted by Gasteiger charge is -2.48. The fourth-order valence-electron chi connectivity index (χ4n) is 4.63. The van der Waals surface area contributed by atoms with Crippen molar-refractivity contribution in [3.8, 4) is 0 Å². The molecular formula is C24H35N3OS. The highest BCUT2D eigenvalue weighted by Gasteiger charge is 2.36. The Morgan fingerprint density at radius 2 is 2.00 bits per heavy atom. The number of anilines is 1. The number of rotatable bonds is 5. The van der Waals surface area contributed by atoms with Crippen LogP contribution in [-0.2, 0) is 4.79 Å². The number of aryl methyl sites for hydroxylation is 1. The van der Waals surface area contributed by atoms with Crippen LogP contribution in [0.1, 0.15) is 77.0 Å². The molecule has 1 saturated heterocycles. The number of likely N-dealkylation sites (N-methyl/N-ethyl adjacent to an activating group) is 1. The third-order valence-electron chi connectivity index (χ3n) is 6.00. The molecule has 5 heteroatoms. The Morgan fingerprint density at radius 1 is 1.28 bits per heavy atom. The molecule has 2 aliphatic rings. The fourth-order valence-corrected chi connectivity index (χ4v) is 5.73. The molecule has 1 amide bonds. The van der Waals surface area contributed by atoms with Gasteiger partial charge in [0.15, 0.2) is 5.17 Å². The first-order valence-corrected chi connectivity index (χ1v) is 11.7. The molecule has 0 aromatic heterocycles. The maximum Gasteiger partial charge on any atom is 0.266 e. The van der Waals surface area contributed by atoms with E-state index < -0.39 is 0 Å². The van der Waals surface area contributed by atoms with Gasteiger partial charge >= 0.3 is 0 Å². The molecule has 158 valence electrons. The van der Waals surface area contributed by atoms with Crippen molar-refractivity contribution in [3.63, 3.8) is 0 Å². The van der Waals surface area contributed by atoms with Crippen LogP contribution < -0.4 is 4.90 Å². The maximum atomic E-state index is 12.9. The van der Waals surface area contributed by atoms with Gasteiger partial charge in [0.1, 0.15) is 0 Å². The van der Waals surface area contributed by atoms with Crippen LogP contribution in [0.3, 0.4) is 0 Å². The minimum absolute atomic E-state index is 0.0728. The lowest BCUT2D eigenvalue weighted by molar-refractivity contribution is -0.122. The second kappa shape index (κ2) is 8.55. The van der Waals surface area contributed by atoms with Crippen molar-refractivity contribution >= 4 is 34.6 Å². The molecule has 0 spiro atoms. The molecule has 1 atom stereocenters. The minimum atomic E-state index is 0.0728. The van der Waals surface area contributed by atoms with Gasteiger partial charge in [-0.2, -0.15) is 0 Å². The molecule has 3 rings (SSSR count). The largest absolute Gasteiger partial charge is 0.366 e. The third-order valence-corrected chi connectivity index (χ3v) is 7.05. The van der Waals surface area contributed by atoms with Crippen molar-refractivity contribution in [1.29, 1.82) is 0 Å². The Kier molecular flexibility index (Phi) is 6.47. The van der Waals surface area contributed by atoms with Crippen molar-refractivity contribution in [2.75, 3.05) is 24.5 Å². The van der Waals surface area contributed by atoms with E-state index in [-0.39, 0.29) is 11.4 Å². The number of carbonyl (C=O) groups is 1. The summed E-state index contributed by atoms with van der Waals surface area (Å²) in [7, 11) is 0. The van der Waals surface area contributed by atoms with Gasteiger partial charge < -0.3 is 4.90 Å². The molecule has 0 saturated carbocycles. The number of amides is 1. The second-order valence-corrected chi connectivity index (χ2v) is 9.76. The number of benzene rings is 1. The van der Waals surface area contributed by atoms with Crippen LogP contribution >= 0.6 is 11.8 Å². The topological polar surface area (TPSA) is 35.9 Å². The quantitative estimate of drug-likeness (QED) is 0.572. The van der Waals surface area contributed by atoms with Gasteiger partial charge in [0, 0.05) is 30.9 Å². The summed E-state index contributed by atoms with van der Waals surface area (Å²) in [5.74, 6) is 0.575. The van der Waals surface area contributed by atoms with Crippen LogP contribution in [0.4, 0.5) is 5.69 Å². The van der Waals surface area contributed by atoms with Gasteiger partial charge in [-0.1, -0.05) is 13.8 Å². The zero-order chi connectivity index (χ0) is 21.3. The van der Waals surface area contributed by atoms with E-state index in [1.54, 1.807) is 4.90 Å². The van der Waals surface area contributed by atoms with Crippen LogP contribution in [0.25, 0.3) is 6.08 Å². The van der Waals surface area contributed by atoms with Crippen molar-refractivity contribution in [2.24, 2.45) is 4.99 Å². The minimum Gasteiger partial charge on any atom is -0.366 e. The van der Waals surface area contributed by atoms with Gasteiger partial charge in [-0.3, -0.25) is 14.7 Å². The number of amidine groups is 1. The van der Waals surface area contributed by atoms with Gasteiger partial charge in [0.2, 0.25) is 0 Å². The smallest absolute Gasteiger partial charge is 0.266 e. The fraction of sp³-hybridized carbons (Fsp3) is 0.583. The molecule has 1 unspecified atom stereocenters. The Hall–Kier alpha value is -1.75. The second-order valence-electron chi connectivity index (χ2n) is 8.75. The Labute approximate surface area is 180 Å². The van der Waals surface area contributed by atoms with E-state index in [9.17, 15) is 4.79 Å². The molecule has 0 aliphatic carbocycles. The van der Waals surface area contributed by atoms with Crippen molar-refractivity contribution in [3.05, 3.63) is 33.7 Å². The van der Waals surface area contributed by atoms with Crippen LogP contribution in [0, 0.1) is 6.92 Å². The molecule has 0 N–H and O–H groups in total. The first kappa shape index (κ1) is 21.9. The Bertz CT molecular complexity index is 856. The maximum absolute atomic E-state index is 12.9. The van der Waals surface area contributed by atoms with Gasteiger partial charge in [-0.05, 0) is 100 Å². The summed E-state index contributed by atoms with van der Waals surface area (Å²) in [4.78, 5) is 22.5. The summed E-state index contributed by atoms with van der Waals surface area (Å²) in [6.07, 6.45) is 4.35. The molecule has 4 nitrogen and oxygen atoms in total. The van der Waals surface area contributed by atoms with Crippen LogP contribution in [0.5, 0.6) is 0 Å². The number of aliphatic imine (C=N–C) groups is 1. The molecule has 2 heterocycles. The molecule has 1 fully saturated rings. The van der Waals surface area contributed by atoms with Crippen LogP contribution in [0.2, 0.25) is 0 Å². The van der Waals surface area contributed by atoms with E-state index in [0.717, 1.165) is 35.0 Å². The van der Waals surface area contributed by atoms with Crippen LogP contribution in [0.15, 0.2) is 22.0 Å². The summed E-state index contributed by atoms with van der Waals surface area (Å²) in [6.45, 7) is 17.9. The van der Waals surface area contributed by atoms with Gasteiger partial charge in [-0.25, -0.2) is 0 Å². The average Bonchev–Trinajstić information content (AvgIpc) is 2.94. The van der Waals surface area contributed by atoms with E-state index in [1.165, 1.54) is 28.6 Å². The van der Waals surface area contributed by atoms with Gasteiger partial charge in [0.25, 0.3) is 5.91 Å². The van der Waals surface area contributed by atoms with Crippen molar-refractivity contribution in [1.82, 2.24) is 4.90 Å². The monoisotopic (exact) mass is 413 g/mol. The van der Waals surface area contributed by atoms with Crippen LogP contribution in [-0.4, -0.2) is 41.1 Å². The van der Waals surface area contributed by atoms with E-state index in [2.05, 4.69) is 62.7 Å². The number of hydrogen-bond donors (Lipinski definition) is 0. The van der Waals surface area contributed by atoms with Gasteiger partial charge in [0.05, 0.1) is 4.91 Å². The highest BCUT2D eigenvalue weighted by atomic mass is 32.2. The zero-order valence-corrected chi connectivity index (χ0v) is 19.8. The highest BCUT2D eigenvalue weighted by Crippen LogP contribution is 2.45. The molecule has 0 bridgehead atoms. The average molecular weight is 414 g/mol. The molecular weight excluding hydrogens is 378 g/mol. The molecule has 1 aromatic carbocycles. The SMILES string of the molecule is CCCN1c2cc(C)c(/C=C3/SC(=NCC)N(CC)C3=O)cc2C(C)CC1(C)C. The zero-order valence-electron chi connectivity index (χ0n) is 19.0. The number of thioether (sulfide) groups is 1. The van der Waals surface area contributed by atoms with Gasteiger partial charge in [-0.15, -0.1) is 0 Å². The molecule has 29 heavy (non-hydrogen) atoms. The number of nitrogens with zero attached hydrogens (tertiary/aromatic N) is 3. The third kappa shape index (κ3) is 4.11. The Morgan fingerprint density at radius 3 is 2.62 bits per heavy atom. The molecule has 0 radical (unpaired) electrons. The number of hydrogen-bond acceptors (Lipinski definition) is 4. The highest BCUT2D eigenvalue weighted by molar-refractivity contribution is 8.18. The Balaban J connectivity index is 2.04. The predicted octanol–water partition coefficient (Wildman–Crippen LogP) is 5.81. The van der Waals surface area contributed by atoms with E-state index >= 15 is 0 Å². The summed E-state index contributed by atoms with van der Waals surface area (Å²) in [5.41, 5.74) is 5.31. The lowest BCUT2D eigenvalue weighted by Crippen LogP contribution is -2.48. The molecule has 2 aliphatic heterocycles. The lowest BCUT2D eigenvalue weighted by atomic mass is 9.79. The predicted molar refractivity (Wildman–Crippen MR) is 127 cm³/mol. The summed E-state index contributed by atoms with van der Waals surface area (Å²) in [6, 6.07) is 4.65. The summed E-state index contributed by atoms with van der Waals surface area (Å²) < 4.78 is 0. The normalized spacial score (nSPS) is 24.0. The van der Waals surface area contributed by atoms with Crippen molar-refractivity contribution in [2.45, 2.75) is 72.8 Å². The molecule has 1 aromatic rings. The standard InChI is InChI=1S/C24H35N3OS/c1-8-11-27-20-12-16(4)18(13-19(20)17(5)15-24(27,6)7)14-21-22(28)26(10-3)23(29-21)25-9-2/h12-14,17H,8-11,15H2,1-7H3/b21-14+,25-23?. The first-order valence-electron chi connectivity index (χ1n) is 10.9. The summed E-state index contributed by atoms with van der Waals surface area (Å²) >= 11 is 1.50.